The monoisotopic (exact) mass is 391 g/mol. The molecule has 1 N–H and O–H groups in total. The molecule has 1 aliphatic rings. The van der Waals surface area contributed by atoms with Gasteiger partial charge in [-0.1, -0.05) is 24.0 Å². The van der Waals surface area contributed by atoms with Gasteiger partial charge >= 0.3 is 0 Å². The maximum atomic E-state index is 12.6. The number of hydrogen-bond donors (Lipinski definition) is 1. The van der Waals surface area contributed by atoms with E-state index in [-0.39, 0.29) is 10.8 Å². The van der Waals surface area contributed by atoms with Crippen LogP contribution in [0.25, 0.3) is 21.5 Å². The summed E-state index contributed by atoms with van der Waals surface area (Å²) >= 11 is 8.58. The molecule has 0 aliphatic carbocycles. The Labute approximate surface area is 158 Å². The first-order chi connectivity index (χ1) is 12.1. The highest BCUT2D eigenvalue weighted by Gasteiger charge is 2.21. The maximum absolute atomic E-state index is 12.6. The SMILES string of the molecule is CC(SC(=S)N1CCCC1)c1nc2scc(-c3ccco3)c2c(=O)[nH]1. The summed E-state index contributed by atoms with van der Waals surface area (Å²) in [6.07, 6.45) is 3.99. The van der Waals surface area contributed by atoms with Crippen LogP contribution in [0.5, 0.6) is 0 Å². The number of likely N-dealkylation sites (tertiary alicyclic amines) is 1. The first-order valence-corrected chi connectivity index (χ1v) is 10.3. The largest absolute Gasteiger partial charge is 0.464 e. The van der Waals surface area contributed by atoms with Crippen LogP contribution in [0.3, 0.4) is 0 Å². The summed E-state index contributed by atoms with van der Waals surface area (Å²) in [4.78, 5) is 23.2. The van der Waals surface area contributed by atoms with Crippen LogP contribution in [0, 0.1) is 0 Å². The molecule has 0 radical (unpaired) electrons. The molecule has 0 bridgehead atoms. The Hall–Kier alpha value is -1.64. The van der Waals surface area contributed by atoms with Gasteiger partial charge in [0, 0.05) is 24.0 Å². The molecular formula is C17H17N3O2S3. The van der Waals surface area contributed by atoms with Crippen molar-refractivity contribution < 1.29 is 4.42 Å². The summed E-state index contributed by atoms with van der Waals surface area (Å²) in [7, 11) is 0. The van der Waals surface area contributed by atoms with Gasteiger partial charge in [0.05, 0.1) is 16.9 Å². The third-order valence-electron chi connectivity index (χ3n) is 4.28. The van der Waals surface area contributed by atoms with E-state index in [2.05, 4.69) is 14.9 Å². The Morgan fingerprint density at radius 1 is 1.48 bits per heavy atom. The van der Waals surface area contributed by atoms with Crippen LogP contribution in [0.15, 0.2) is 33.0 Å². The summed E-state index contributed by atoms with van der Waals surface area (Å²) in [5.41, 5.74) is 0.658. The number of thiophene rings is 1. The van der Waals surface area contributed by atoms with E-state index in [9.17, 15) is 4.79 Å². The maximum Gasteiger partial charge on any atom is 0.260 e. The zero-order valence-electron chi connectivity index (χ0n) is 13.7. The number of nitrogens with zero attached hydrogens (tertiary/aromatic N) is 2. The molecule has 1 unspecified atom stereocenters. The van der Waals surface area contributed by atoms with Gasteiger partial charge in [0.15, 0.2) is 0 Å². The molecule has 0 aromatic carbocycles. The van der Waals surface area contributed by atoms with Crippen molar-refractivity contribution in [2.75, 3.05) is 13.1 Å². The Kier molecular flexibility index (Phi) is 4.66. The molecule has 1 atom stereocenters. The average molecular weight is 392 g/mol. The third-order valence-corrected chi connectivity index (χ3v) is 6.73. The zero-order valence-corrected chi connectivity index (χ0v) is 16.1. The smallest absolute Gasteiger partial charge is 0.260 e. The molecule has 4 heterocycles. The van der Waals surface area contributed by atoms with Crippen molar-refractivity contribution in [1.29, 1.82) is 0 Å². The van der Waals surface area contributed by atoms with E-state index in [0.29, 0.717) is 17.0 Å². The Morgan fingerprint density at radius 2 is 2.28 bits per heavy atom. The van der Waals surface area contributed by atoms with Gasteiger partial charge < -0.3 is 14.3 Å². The first kappa shape index (κ1) is 16.8. The van der Waals surface area contributed by atoms with Crippen LogP contribution < -0.4 is 5.56 Å². The first-order valence-electron chi connectivity index (χ1n) is 8.14. The molecule has 25 heavy (non-hydrogen) atoms. The van der Waals surface area contributed by atoms with Crippen molar-refractivity contribution in [2.45, 2.75) is 25.0 Å². The van der Waals surface area contributed by atoms with E-state index < -0.39 is 0 Å². The third kappa shape index (κ3) is 3.26. The molecule has 3 aromatic heterocycles. The van der Waals surface area contributed by atoms with Gasteiger partial charge in [0.1, 0.15) is 20.7 Å². The minimum absolute atomic E-state index is 0.000590. The number of H-pyrrole nitrogens is 1. The van der Waals surface area contributed by atoms with Crippen molar-refractivity contribution in [3.8, 4) is 11.3 Å². The normalized spacial score (nSPS) is 15.8. The van der Waals surface area contributed by atoms with Gasteiger partial charge in [-0.3, -0.25) is 4.79 Å². The molecule has 5 nitrogen and oxygen atoms in total. The fourth-order valence-corrected chi connectivity index (χ4v) is 5.36. The Balaban J connectivity index is 1.63. The molecule has 1 aliphatic heterocycles. The molecule has 4 rings (SSSR count). The minimum Gasteiger partial charge on any atom is -0.464 e. The predicted molar refractivity (Wildman–Crippen MR) is 107 cm³/mol. The summed E-state index contributed by atoms with van der Waals surface area (Å²) in [6.45, 7) is 4.08. The van der Waals surface area contributed by atoms with Gasteiger partial charge in [0.2, 0.25) is 0 Å². The Morgan fingerprint density at radius 3 is 3.00 bits per heavy atom. The summed E-state index contributed by atoms with van der Waals surface area (Å²) in [6, 6.07) is 3.66. The van der Waals surface area contributed by atoms with E-state index in [1.807, 2.05) is 24.4 Å². The minimum atomic E-state index is -0.132. The van der Waals surface area contributed by atoms with Gasteiger partial charge in [-0.05, 0) is 31.9 Å². The highest BCUT2D eigenvalue weighted by molar-refractivity contribution is 8.23. The number of thioether (sulfide) groups is 1. The van der Waals surface area contributed by atoms with E-state index in [4.69, 9.17) is 16.6 Å². The number of hydrogen-bond acceptors (Lipinski definition) is 6. The van der Waals surface area contributed by atoms with Gasteiger partial charge in [-0.2, -0.15) is 0 Å². The number of thiocarbonyl (C=S) groups is 1. The fraction of sp³-hybridized carbons (Fsp3) is 0.353. The van der Waals surface area contributed by atoms with Crippen molar-refractivity contribution in [3.05, 3.63) is 40.0 Å². The molecule has 0 spiro atoms. The summed E-state index contributed by atoms with van der Waals surface area (Å²) in [5.74, 6) is 1.35. The lowest BCUT2D eigenvalue weighted by Crippen LogP contribution is -2.24. The van der Waals surface area contributed by atoms with Gasteiger partial charge in [-0.25, -0.2) is 4.98 Å². The van der Waals surface area contributed by atoms with E-state index in [1.54, 1.807) is 18.0 Å². The number of rotatable bonds is 3. The van der Waals surface area contributed by atoms with Crippen LogP contribution in [-0.4, -0.2) is 32.3 Å². The highest BCUT2D eigenvalue weighted by Crippen LogP contribution is 2.34. The lowest BCUT2D eigenvalue weighted by Gasteiger charge is -2.20. The van der Waals surface area contributed by atoms with Crippen molar-refractivity contribution in [3.63, 3.8) is 0 Å². The van der Waals surface area contributed by atoms with Gasteiger partial charge in [0.25, 0.3) is 5.56 Å². The zero-order chi connectivity index (χ0) is 17.4. The van der Waals surface area contributed by atoms with Crippen molar-refractivity contribution in [2.24, 2.45) is 0 Å². The fourth-order valence-electron chi connectivity index (χ4n) is 2.95. The number of furan rings is 1. The molecular weight excluding hydrogens is 374 g/mol. The highest BCUT2D eigenvalue weighted by atomic mass is 32.2. The second kappa shape index (κ2) is 6.93. The molecule has 1 fully saturated rings. The molecule has 0 saturated carbocycles. The molecule has 130 valence electrons. The Bertz CT molecular complexity index is 955. The van der Waals surface area contributed by atoms with Gasteiger partial charge in [-0.15, -0.1) is 11.3 Å². The van der Waals surface area contributed by atoms with E-state index >= 15 is 0 Å². The number of nitrogens with one attached hydrogen (secondary N) is 1. The van der Waals surface area contributed by atoms with Crippen LogP contribution in [0.2, 0.25) is 0 Å². The lowest BCUT2D eigenvalue weighted by molar-refractivity contribution is 0.539. The average Bonchev–Trinajstić information content (AvgIpc) is 3.34. The quantitative estimate of drug-likeness (QED) is 0.667. The van der Waals surface area contributed by atoms with E-state index in [0.717, 1.165) is 27.8 Å². The molecule has 0 amide bonds. The predicted octanol–water partition coefficient (Wildman–Crippen LogP) is 4.42. The van der Waals surface area contributed by atoms with Crippen LogP contribution >= 0.6 is 35.3 Å². The second-order valence-electron chi connectivity index (χ2n) is 5.98. The van der Waals surface area contributed by atoms with Crippen LogP contribution in [0.1, 0.15) is 30.8 Å². The standard InChI is InChI=1S/C17H17N3O2S3/c1-10(25-17(23)20-6-2-3-7-20)14-18-15(21)13-11(9-24-16(13)19-14)12-5-4-8-22-12/h4-5,8-10H,2-3,6-7H2,1H3,(H,18,19,21). The molecule has 3 aromatic rings. The summed E-state index contributed by atoms with van der Waals surface area (Å²) in [5, 5.41) is 2.50. The molecule has 1 saturated heterocycles. The number of fused-ring (bicyclic) bond motifs is 1. The van der Waals surface area contributed by atoms with Crippen molar-refractivity contribution >= 4 is 49.9 Å². The second-order valence-corrected chi connectivity index (χ2v) is 8.81. The van der Waals surface area contributed by atoms with Crippen LogP contribution in [0.4, 0.5) is 0 Å². The van der Waals surface area contributed by atoms with E-state index in [1.165, 1.54) is 24.2 Å². The lowest BCUT2D eigenvalue weighted by atomic mass is 10.2. The van der Waals surface area contributed by atoms with Crippen molar-refractivity contribution in [1.82, 2.24) is 14.9 Å². The van der Waals surface area contributed by atoms with Crippen LogP contribution in [-0.2, 0) is 0 Å². The molecule has 8 heteroatoms. The number of aromatic nitrogens is 2. The summed E-state index contributed by atoms with van der Waals surface area (Å²) < 4.78 is 6.31. The number of aromatic amines is 1. The topological polar surface area (TPSA) is 62.1 Å².